The van der Waals surface area contributed by atoms with Gasteiger partial charge in [-0.05, 0) is 51.9 Å². The molecule has 1 aliphatic carbocycles. The average molecular weight is 415 g/mol. The van der Waals surface area contributed by atoms with E-state index in [1.54, 1.807) is 6.07 Å². The number of aliphatic carboxylic acids is 1. The second-order valence-corrected chi connectivity index (χ2v) is 7.93. The number of benzene rings is 3. The Labute approximate surface area is 179 Å². The first kappa shape index (κ1) is 19.3. The van der Waals surface area contributed by atoms with Crippen LogP contribution in [-0.4, -0.2) is 34.8 Å². The van der Waals surface area contributed by atoms with Crippen LogP contribution in [0.15, 0.2) is 66.7 Å². The molecule has 0 amide bonds. The highest BCUT2D eigenvalue weighted by Gasteiger charge is 2.36. The predicted molar refractivity (Wildman–Crippen MR) is 114 cm³/mol. The van der Waals surface area contributed by atoms with Crippen molar-refractivity contribution < 1.29 is 24.5 Å². The van der Waals surface area contributed by atoms with Crippen molar-refractivity contribution >= 4 is 11.9 Å². The Morgan fingerprint density at radius 3 is 2.23 bits per heavy atom. The molecular weight excluding hydrogens is 394 g/mol. The number of fused-ring (bicyclic) bond motifs is 4. The molecule has 31 heavy (non-hydrogen) atoms. The molecule has 2 aliphatic rings. The van der Waals surface area contributed by atoms with E-state index < -0.39 is 24.0 Å². The Hall–Kier alpha value is -3.64. The molecule has 0 spiro atoms. The molecule has 0 aromatic heterocycles. The van der Waals surface area contributed by atoms with Crippen LogP contribution < -0.4 is 5.32 Å². The van der Waals surface area contributed by atoms with E-state index in [0.717, 1.165) is 22.3 Å². The van der Waals surface area contributed by atoms with Gasteiger partial charge in [-0.25, -0.2) is 4.79 Å². The van der Waals surface area contributed by atoms with Crippen LogP contribution in [0.25, 0.3) is 11.1 Å². The van der Waals surface area contributed by atoms with Crippen molar-refractivity contribution in [1.82, 2.24) is 5.32 Å². The summed E-state index contributed by atoms with van der Waals surface area (Å²) < 4.78 is 5.73. The second kappa shape index (κ2) is 7.56. The van der Waals surface area contributed by atoms with Crippen molar-refractivity contribution in [3.63, 3.8) is 0 Å². The SMILES string of the molecule is O=C(O)C1Cc2ccc(O)cc2[C@H](C(=O)OCC2c3ccccc3-c3ccccc32)N1. The Morgan fingerprint density at radius 1 is 0.935 bits per heavy atom. The molecule has 0 radical (unpaired) electrons. The number of rotatable bonds is 4. The van der Waals surface area contributed by atoms with E-state index in [1.165, 1.54) is 12.1 Å². The third-order valence-corrected chi connectivity index (χ3v) is 6.12. The summed E-state index contributed by atoms with van der Waals surface area (Å²) in [5.41, 5.74) is 5.74. The molecule has 1 aliphatic heterocycles. The standard InChI is InChI=1S/C25H21NO5/c27-15-10-9-14-11-22(24(28)29)26-23(20(14)12-15)25(30)31-13-21-18-7-3-1-5-16(18)17-6-2-4-8-19(17)21/h1-10,12,21-23,26-27H,11,13H2,(H,28,29)/t22?,23-/m1/s1. The van der Waals surface area contributed by atoms with Gasteiger partial charge >= 0.3 is 11.9 Å². The summed E-state index contributed by atoms with van der Waals surface area (Å²) in [7, 11) is 0. The fraction of sp³-hybridized carbons (Fsp3) is 0.200. The lowest BCUT2D eigenvalue weighted by Gasteiger charge is -2.30. The van der Waals surface area contributed by atoms with Crippen LogP contribution in [0, 0.1) is 0 Å². The molecule has 3 N–H and O–H groups in total. The maximum atomic E-state index is 13.1. The highest BCUT2D eigenvalue weighted by atomic mass is 16.5. The number of ether oxygens (including phenoxy) is 1. The molecule has 3 aromatic carbocycles. The van der Waals surface area contributed by atoms with Gasteiger partial charge in [-0.15, -0.1) is 0 Å². The smallest absolute Gasteiger partial charge is 0.327 e. The largest absolute Gasteiger partial charge is 0.508 e. The fourth-order valence-electron chi connectivity index (χ4n) is 4.65. The van der Waals surface area contributed by atoms with Gasteiger partial charge in [0.25, 0.3) is 0 Å². The van der Waals surface area contributed by atoms with Crippen LogP contribution in [0.1, 0.15) is 34.2 Å². The monoisotopic (exact) mass is 415 g/mol. The first-order valence-electron chi connectivity index (χ1n) is 10.2. The van der Waals surface area contributed by atoms with E-state index in [4.69, 9.17) is 4.74 Å². The number of carbonyl (C=O) groups excluding carboxylic acids is 1. The van der Waals surface area contributed by atoms with E-state index >= 15 is 0 Å². The van der Waals surface area contributed by atoms with Crippen LogP contribution in [0.3, 0.4) is 0 Å². The zero-order chi connectivity index (χ0) is 21.5. The van der Waals surface area contributed by atoms with Crippen molar-refractivity contribution in [2.24, 2.45) is 0 Å². The van der Waals surface area contributed by atoms with Gasteiger partial charge in [0.2, 0.25) is 0 Å². The minimum Gasteiger partial charge on any atom is -0.508 e. The average Bonchev–Trinajstić information content (AvgIpc) is 3.10. The predicted octanol–water partition coefficient (Wildman–Crippen LogP) is 3.39. The third kappa shape index (κ3) is 3.35. The summed E-state index contributed by atoms with van der Waals surface area (Å²) >= 11 is 0. The molecule has 0 bridgehead atoms. The lowest BCUT2D eigenvalue weighted by Crippen LogP contribution is -2.47. The highest BCUT2D eigenvalue weighted by molar-refractivity contribution is 5.83. The number of carboxylic acid groups (broad SMARTS) is 1. The quantitative estimate of drug-likeness (QED) is 0.566. The minimum absolute atomic E-state index is 0.0192. The van der Waals surface area contributed by atoms with Crippen molar-refractivity contribution in [1.29, 1.82) is 0 Å². The number of esters is 1. The lowest BCUT2D eigenvalue weighted by atomic mass is 9.90. The Bertz CT molecular complexity index is 1140. The molecule has 6 nitrogen and oxygen atoms in total. The zero-order valence-electron chi connectivity index (χ0n) is 16.6. The number of aromatic hydroxyl groups is 1. The van der Waals surface area contributed by atoms with Gasteiger partial charge in [-0.2, -0.15) is 0 Å². The normalized spacial score (nSPS) is 19.2. The van der Waals surface area contributed by atoms with Crippen molar-refractivity contribution in [2.75, 3.05) is 6.61 Å². The number of carbonyl (C=O) groups is 2. The first-order valence-corrected chi connectivity index (χ1v) is 10.2. The summed E-state index contributed by atoms with van der Waals surface area (Å²) in [6, 6.07) is 18.9. The molecule has 6 heteroatoms. The Kier molecular flexibility index (Phi) is 4.71. The summed E-state index contributed by atoms with van der Waals surface area (Å²) in [6.07, 6.45) is 0.234. The van der Waals surface area contributed by atoms with Gasteiger partial charge in [-0.3, -0.25) is 10.1 Å². The van der Waals surface area contributed by atoms with E-state index in [9.17, 15) is 19.8 Å². The molecule has 2 atom stereocenters. The molecular formula is C25H21NO5. The summed E-state index contributed by atoms with van der Waals surface area (Å²) in [5.74, 6) is -1.65. The number of phenols is 1. The molecule has 5 rings (SSSR count). The molecule has 3 aromatic rings. The van der Waals surface area contributed by atoms with E-state index in [2.05, 4.69) is 17.4 Å². The van der Waals surface area contributed by atoms with Gasteiger partial charge < -0.3 is 14.9 Å². The number of carboxylic acids is 1. The third-order valence-electron chi connectivity index (χ3n) is 6.12. The zero-order valence-corrected chi connectivity index (χ0v) is 16.6. The molecule has 1 unspecified atom stereocenters. The lowest BCUT2D eigenvalue weighted by molar-refractivity contribution is -0.148. The summed E-state index contributed by atoms with van der Waals surface area (Å²) in [4.78, 5) is 24.6. The van der Waals surface area contributed by atoms with Crippen molar-refractivity contribution in [2.45, 2.75) is 24.4 Å². The van der Waals surface area contributed by atoms with Crippen molar-refractivity contribution in [3.8, 4) is 16.9 Å². The number of phenolic OH excluding ortho intramolecular Hbond substituents is 1. The number of hydrogen-bond donors (Lipinski definition) is 3. The molecule has 1 heterocycles. The van der Waals surface area contributed by atoms with E-state index in [1.807, 2.05) is 36.4 Å². The van der Waals surface area contributed by atoms with Gasteiger partial charge in [0, 0.05) is 5.92 Å². The van der Waals surface area contributed by atoms with Gasteiger partial charge in [0.05, 0.1) is 0 Å². The molecule has 156 valence electrons. The minimum atomic E-state index is -1.03. The summed E-state index contributed by atoms with van der Waals surface area (Å²) in [6.45, 7) is 0.150. The van der Waals surface area contributed by atoms with Crippen LogP contribution in [0.2, 0.25) is 0 Å². The van der Waals surface area contributed by atoms with Gasteiger partial charge in [-0.1, -0.05) is 54.6 Å². The van der Waals surface area contributed by atoms with Crippen LogP contribution in [-0.2, 0) is 20.7 Å². The highest BCUT2D eigenvalue weighted by Crippen LogP contribution is 2.44. The molecule has 0 saturated carbocycles. The van der Waals surface area contributed by atoms with Gasteiger partial charge in [0.15, 0.2) is 0 Å². The van der Waals surface area contributed by atoms with Crippen LogP contribution >= 0.6 is 0 Å². The van der Waals surface area contributed by atoms with E-state index in [0.29, 0.717) is 11.1 Å². The second-order valence-electron chi connectivity index (χ2n) is 7.93. The van der Waals surface area contributed by atoms with Gasteiger partial charge in [0.1, 0.15) is 24.4 Å². The summed E-state index contributed by atoms with van der Waals surface area (Å²) in [5, 5.41) is 22.2. The number of nitrogens with one attached hydrogen (secondary N) is 1. The van der Waals surface area contributed by atoms with Crippen molar-refractivity contribution in [3.05, 3.63) is 89.0 Å². The first-order chi connectivity index (χ1) is 15.0. The van der Waals surface area contributed by atoms with Crippen LogP contribution in [0.4, 0.5) is 0 Å². The number of hydrogen-bond acceptors (Lipinski definition) is 5. The van der Waals surface area contributed by atoms with E-state index in [-0.39, 0.29) is 24.7 Å². The Morgan fingerprint density at radius 2 is 1.58 bits per heavy atom. The molecule has 0 fully saturated rings. The maximum absolute atomic E-state index is 13.1. The molecule has 0 saturated heterocycles. The maximum Gasteiger partial charge on any atom is 0.327 e. The fourth-order valence-corrected chi connectivity index (χ4v) is 4.65. The van der Waals surface area contributed by atoms with Crippen LogP contribution in [0.5, 0.6) is 5.75 Å². The Balaban J connectivity index is 1.41. The topological polar surface area (TPSA) is 95.9 Å².